The summed E-state index contributed by atoms with van der Waals surface area (Å²) in [6, 6.07) is 0. The Kier molecular flexibility index (Phi) is 4.28. The molecule has 0 aromatic rings. The maximum absolute atomic E-state index is 11.7. The number of morpholine rings is 1. The SMILES string of the molecule is CC(C)(C)OC(=O)N1CCOC(C(=O)C(=O)O)C1. The highest BCUT2D eigenvalue weighted by Crippen LogP contribution is 2.13. The number of carbonyl (C=O) groups is 3. The van der Waals surface area contributed by atoms with Gasteiger partial charge in [-0.15, -0.1) is 0 Å². The molecule has 1 aliphatic rings. The minimum atomic E-state index is -1.56. The van der Waals surface area contributed by atoms with E-state index >= 15 is 0 Å². The summed E-state index contributed by atoms with van der Waals surface area (Å²) in [7, 11) is 0. The fourth-order valence-corrected chi connectivity index (χ4v) is 1.44. The molecular weight excluding hydrogens is 242 g/mol. The van der Waals surface area contributed by atoms with Gasteiger partial charge in [0.05, 0.1) is 13.2 Å². The molecule has 0 aromatic heterocycles. The molecule has 1 saturated heterocycles. The van der Waals surface area contributed by atoms with Gasteiger partial charge in [-0.25, -0.2) is 9.59 Å². The summed E-state index contributed by atoms with van der Waals surface area (Å²) in [6.45, 7) is 5.48. The van der Waals surface area contributed by atoms with Crippen LogP contribution in [0, 0.1) is 0 Å². The molecule has 1 heterocycles. The maximum atomic E-state index is 11.7. The Morgan fingerprint density at radius 1 is 1.33 bits per heavy atom. The number of hydrogen-bond donors (Lipinski definition) is 1. The third-order valence-corrected chi connectivity index (χ3v) is 2.22. The molecule has 102 valence electrons. The summed E-state index contributed by atoms with van der Waals surface area (Å²) in [5.74, 6) is -2.62. The van der Waals surface area contributed by atoms with Gasteiger partial charge < -0.3 is 19.5 Å². The van der Waals surface area contributed by atoms with E-state index in [9.17, 15) is 14.4 Å². The molecule has 1 N–H and O–H groups in total. The highest BCUT2D eigenvalue weighted by molar-refractivity contribution is 6.34. The van der Waals surface area contributed by atoms with Crippen molar-refractivity contribution in [3.63, 3.8) is 0 Å². The number of carboxylic acid groups (broad SMARTS) is 1. The van der Waals surface area contributed by atoms with Crippen molar-refractivity contribution in [2.75, 3.05) is 19.7 Å². The van der Waals surface area contributed by atoms with Crippen LogP contribution in [0.25, 0.3) is 0 Å². The molecule has 7 nitrogen and oxygen atoms in total. The topological polar surface area (TPSA) is 93.1 Å². The number of carboxylic acids is 1. The second-order valence-electron chi connectivity index (χ2n) is 4.96. The van der Waals surface area contributed by atoms with E-state index in [-0.39, 0.29) is 19.7 Å². The van der Waals surface area contributed by atoms with Crippen LogP contribution in [0.4, 0.5) is 4.79 Å². The van der Waals surface area contributed by atoms with Crippen molar-refractivity contribution in [1.29, 1.82) is 0 Å². The molecular formula is C11H17NO6. The van der Waals surface area contributed by atoms with Crippen LogP contribution in [0.2, 0.25) is 0 Å². The van der Waals surface area contributed by atoms with Gasteiger partial charge in [-0.05, 0) is 20.8 Å². The second-order valence-corrected chi connectivity index (χ2v) is 4.96. The van der Waals surface area contributed by atoms with Gasteiger partial charge in [-0.1, -0.05) is 0 Å². The van der Waals surface area contributed by atoms with Crippen molar-refractivity contribution in [3.8, 4) is 0 Å². The zero-order valence-electron chi connectivity index (χ0n) is 10.6. The van der Waals surface area contributed by atoms with E-state index in [1.54, 1.807) is 20.8 Å². The van der Waals surface area contributed by atoms with E-state index in [1.165, 1.54) is 4.90 Å². The lowest BCUT2D eigenvalue weighted by molar-refractivity contribution is -0.157. The van der Waals surface area contributed by atoms with E-state index in [2.05, 4.69) is 0 Å². The largest absolute Gasteiger partial charge is 0.475 e. The number of amides is 1. The third kappa shape index (κ3) is 3.99. The zero-order valence-corrected chi connectivity index (χ0v) is 10.6. The molecule has 18 heavy (non-hydrogen) atoms. The Hall–Kier alpha value is -1.63. The molecule has 0 bridgehead atoms. The highest BCUT2D eigenvalue weighted by Gasteiger charge is 2.34. The number of carbonyl (C=O) groups excluding carboxylic acids is 2. The number of ether oxygens (including phenoxy) is 2. The van der Waals surface area contributed by atoms with Crippen LogP contribution in [0.1, 0.15) is 20.8 Å². The second kappa shape index (κ2) is 5.34. The standard InChI is InChI=1S/C11H17NO6/c1-11(2,3)18-10(16)12-4-5-17-7(6-12)8(13)9(14)15/h7H,4-6H2,1-3H3,(H,14,15). The number of ketones is 1. The van der Waals surface area contributed by atoms with E-state index in [1.807, 2.05) is 0 Å². The van der Waals surface area contributed by atoms with Crippen LogP contribution in [0.15, 0.2) is 0 Å². The van der Waals surface area contributed by atoms with Crippen molar-refractivity contribution >= 4 is 17.8 Å². The van der Waals surface area contributed by atoms with Crippen molar-refractivity contribution in [2.24, 2.45) is 0 Å². The van der Waals surface area contributed by atoms with Gasteiger partial charge in [0.25, 0.3) is 5.78 Å². The van der Waals surface area contributed by atoms with Gasteiger partial charge in [0.1, 0.15) is 11.7 Å². The Morgan fingerprint density at radius 3 is 2.44 bits per heavy atom. The lowest BCUT2D eigenvalue weighted by Gasteiger charge is -2.33. The van der Waals surface area contributed by atoms with Crippen LogP contribution < -0.4 is 0 Å². The number of hydrogen-bond acceptors (Lipinski definition) is 5. The molecule has 1 atom stereocenters. The van der Waals surface area contributed by atoms with Crippen molar-refractivity contribution in [1.82, 2.24) is 4.90 Å². The molecule has 1 amide bonds. The van der Waals surface area contributed by atoms with Gasteiger partial charge in [-0.2, -0.15) is 0 Å². The lowest BCUT2D eigenvalue weighted by Crippen LogP contribution is -2.51. The van der Waals surface area contributed by atoms with Crippen LogP contribution in [0.5, 0.6) is 0 Å². The average Bonchev–Trinajstić information content (AvgIpc) is 2.25. The fourth-order valence-electron chi connectivity index (χ4n) is 1.44. The predicted molar refractivity (Wildman–Crippen MR) is 60.2 cm³/mol. The number of Topliss-reactive ketones (excluding diaryl/α,β-unsaturated/α-hetero) is 1. The molecule has 0 aromatic carbocycles. The molecule has 0 saturated carbocycles. The summed E-state index contributed by atoms with van der Waals surface area (Å²) >= 11 is 0. The molecule has 1 rings (SSSR count). The summed E-state index contributed by atoms with van der Waals surface area (Å²) in [6.07, 6.45) is -1.70. The summed E-state index contributed by atoms with van der Waals surface area (Å²) < 4.78 is 10.2. The predicted octanol–water partition coefficient (Wildman–Crippen LogP) is 0.276. The minimum absolute atomic E-state index is 0.0972. The van der Waals surface area contributed by atoms with E-state index < -0.39 is 29.6 Å². The molecule has 0 spiro atoms. The number of rotatable bonds is 2. The van der Waals surface area contributed by atoms with Crippen molar-refractivity contribution in [3.05, 3.63) is 0 Å². The summed E-state index contributed by atoms with van der Waals surface area (Å²) in [5, 5.41) is 8.58. The quantitative estimate of drug-likeness (QED) is 0.716. The first-order valence-corrected chi connectivity index (χ1v) is 5.57. The fraction of sp³-hybridized carbons (Fsp3) is 0.727. The van der Waals surface area contributed by atoms with Crippen LogP contribution in [-0.4, -0.2) is 59.3 Å². The Bertz CT molecular complexity index is 359. The average molecular weight is 259 g/mol. The van der Waals surface area contributed by atoms with E-state index in [4.69, 9.17) is 14.6 Å². The highest BCUT2D eigenvalue weighted by atomic mass is 16.6. The maximum Gasteiger partial charge on any atom is 0.410 e. The first kappa shape index (κ1) is 14.4. The molecule has 0 radical (unpaired) electrons. The monoisotopic (exact) mass is 259 g/mol. The van der Waals surface area contributed by atoms with Crippen LogP contribution in [0.3, 0.4) is 0 Å². The molecule has 1 fully saturated rings. The Balaban J connectivity index is 2.61. The van der Waals surface area contributed by atoms with Gasteiger partial charge in [0.2, 0.25) is 0 Å². The zero-order chi connectivity index (χ0) is 13.9. The van der Waals surface area contributed by atoms with Crippen LogP contribution >= 0.6 is 0 Å². The molecule has 1 aliphatic heterocycles. The van der Waals surface area contributed by atoms with E-state index in [0.717, 1.165) is 0 Å². The van der Waals surface area contributed by atoms with Gasteiger partial charge in [0, 0.05) is 6.54 Å². The van der Waals surface area contributed by atoms with Crippen LogP contribution in [-0.2, 0) is 19.1 Å². The smallest absolute Gasteiger partial charge is 0.410 e. The van der Waals surface area contributed by atoms with Gasteiger partial charge >= 0.3 is 12.1 Å². The van der Waals surface area contributed by atoms with Crippen molar-refractivity contribution in [2.45, 2.75) is 32.5 Å². The number of aliphatic carboxylic acids is 1. The third-order valence-electron chi connectivity index (χ3n) is 2.22. The first-order valence-electron chi connectivity index (χ1n) is 5.57. The van der Waals surface area contributed by atoms with Gasteiger partial charge in [0.15, 0.2) is 0 Å². The van der Waals surface area contributed by atoms with E-state index in [0.29, 0.717) is 0 Å². The normalized spacial score (nSPS) is 20.4. The Morgan fingerprint density at radius 2 is 1.94 bits per heavy atom. The lowest BCUT2D eigenvalue weighted by atomic mass is 10.2. The summed E-state index contributed by atoms with van der Waals surface area (Å²) in [4.78, 5) is 34.8. The van der Waals surface area contributed by atoms with Crippen molar-refractivity contribution < 1.29 is 29.0 Å². The van der Waals surface area contributed by atoms with Gasteiger partial charge in [-0.3, -0.25) is 4.79 Å². The first-order chi connectivity index (χ1) is 8.20. The minimum Gasteiger partial charge on any atom is -0.475 e. The molecule has 1 unspecified atom stereocenters. The Labute approximate surface area is 105 Å². The number of nitrogens with zero attached hydrogens (tertiary/aromatic N) is 1. The molecule has 7 heteroatoms. The summed E-state index contributed by atoms with van der Waals surface area (Å²) in [5.41, 5.74) is -0.637. The molecule has 0 aliphatic carbocycles.